The Hall–Kier alpha value is -1.94. The molecular weight excluding hydrogens is 328 g/mol. The summed E-state index contributed by atoms with van der Waals surface area (Å²) in [5.74, 6) is 0.200. The Balaban J connectivity index is 1.59. The topological polar surface area (TPSA) is 32.3 Å². The van der Waals surface area contributed by atoms with Crippen LogP contribution in [0, 0.1) is 13.8 Å². The number of nitrogens with one attached hydrogen (secondary N) is 1. The molecule has 1 N–H and O–H groups in total. The van der Waals surface area contributed by atoms with Crippen LogP contribution < -0.4 is 5.32 Å². The van der Waals surface area contributed by atoms with Crippen molar-refractivity contribution in [3.8, 4) is 0 Å². The molecule has 0 unspecified atom stereocenters. The van der Waals surface area contributed by atoms with E-state index in [4.69, 9.17) is 0 Å². The second-order valence-electron chi connectivity index (χ2n) is 6.77. The standard InChI is InChI=1S/C21H26N2OS/c1-15-6-9-20(14-16(15)2)25-19-10-7-18(8-11-19)22-17(3)21(24)23-12-4-5-13-23/h6-11,14,17,22H,4-5,12-13H2,1-3H3/t17-/m1/s1. The Morgan fingerprint density at radius 1 is 1.00 bits per heavy atom. The number of aryl methyl sites for hydroxylation is 2. The smallest absolute Gasteiger partial charge is 0.244 e. The number of nitrogens with zero attached hydrogens (tertiary/aromatic N) is 1. The molecule has 1 aliphatic rings. The van der Waals surface area contributed by atoms with E-state index >= 15 is 0 Å². The fraction of sp³-hybridized carbons (Fsp3) is 0.381. The molecule has 2 aromatic rings. The lowest BCUT2D eigenvalue weighted by Gasteiger charge is -2.22. The van der Waals surface area contributed by atoms with E-state index in [1.54, 1.807) is 11.8 Å². The summed E-state index contributed by atoms with van der Waals surface area (Å²) in [5, 5.41) is 3.33. The van der Waals surface area contributed by atoms with Gasteiger partial charge >= 0.3 is 0 Å². The van der Waals surface area contributed by atoms with E-state index in [-0.39, 0.29) is 11.9 Å². The van der Waals surface area contributed by atoms with E-state index in [1.165, 1.54) is 20.9 Å². The number of hydrogen-bond donors (Lipinski definition) is 1. The molecule has 132 valence electrons. The largest absolute Gasteiger partial charge is 0.374 e. The van der Waals surface area contributed by atoms with E-state index < -0.39 is 0 Å². The van der Waals surface area contributed by atoms with Crippen LogP contribution in [0.15, 0.2) is 52.3 Å². The van der Waals surface area contributed by atoms with Crippen molar-refractivity contribution < 1.29 is 4.79 Å². The highest BCUT2D eigenvalue weighted by Crippen LogP contribution is 2.30. The van der Waals surface area contributed by atoms with Crippen LogP contribution in [0.25, 0.3) is 0 Å². The Morgan fingerprint density at radius 3 is 2.28 bits per heavy atom. The summed E-state index contributed by atoms with van der Waals surface area (Å²) >= 11 is 1.76. The van der Waals surface area contributed by atoms with Crippen LogP contribution in [0.1, 0.15) is 30.9 Å². The first kappa shape index (κ1) is 17.9. The molecule has 0 aliphatic carbocycles. The van der Waals surface area contributed by atoms with Gasteiger partial charge in [0, 0.05) is 28.6 Å². The minimum atomic E-state index is -0.184. The van der Waals surface area contributed by atoms with Gasteiger partial charge in [-0.25, -0.2) is 0 Å². The van der Waals surface area contributed by atoms with Crippen molar-refractivity contribution >= 4 is 23.4 Å². The maximum Gasteiger partial charge on any atom is 0.244 e. The molecule has 1 fully saturated rings. The molecule has 3 nitrogen and oxygen atoms in total. The Morgan fingerprint density at radius 2 is 1.64 bits per heavy atom. The lowest BCUT2D eigenvalue weighted by Crippen LogP contribution is -2.39. The van der Waals surface area contributed by atoms with Crippen molar-refractivity contribution in [2.45, 2.75) is 49.4 Å². The summed E-state index contributed by atoms with van der Waals surface area (Å²) in [7, 11) is 0. The van der Waals surface area contributed by atoms with Gasteiger partial charge in [0.2, 0.25) is 5.91 Å². The van der Waals surface area contributed by atoms with Gasteiger partial charge in [0.15, 0.2) is 0 Å². The van der Waals surface area contributed by atoms with Crippen LogP contribution in [-0.2, 0) is 4.79 Å². The molecular formula is C21H26N2OS. The van der Waals surface area contributed by atoms with Crippen LogP contribution in [0.3, 0.4) is 0 Å². The van der Waals surface area contributed by atoms with Crippen molar-refractivity contribution in [2.24, 2.45) is 0 Å². The summed E-state index contributed by atoms with van der Waals surface area (Å²) in [5.41, 5.74) is 3.63. The predicted octanol–water partition coefficient (Wildman–Crippen LogP) is 4.88. The molecule has 1 amide bonds. The van der Waals surface area contributed by atoms with Gasteiger partial charge in [-0.1, -0.05) is 17.8 Å². The van der Waals surface area contributed by atoms with Gasteiger partial charge in [-0.3, -0.25) is 4.79 Å². The highest BCUT2D eigenvalue weighted by molar-refractivity contribution is 7.99. The lowest BCUT2D eigenvalue weighted by atomic mass is 10.1. The third-order valence-corrected chi connectivity index (χ3v) is 5.74. The van der Waals surface area contributed by atoms with Crippen molar-refractivity contribution in [3.05, 3.63) is 53.6 Å². The average Bonchev–Trinajstić information content (AvgIpc) is 3.14. The lowest BCUT2D eigenvalue weighted by molar-refractivity contribution is -0.130. The monoisotopic (exact) mass is 354 g/mol. The average molecular weight is 355 g/mol. The predicted molar refractivity (Wildman–Crippen MR) is 105 cm³/mol. The SMILES string of the molecule is Cc1ccc(Sc2ccc(N[C@H](C)C(=O)N3CCCC3)cc2)cc1C. The van der Waals surface area contributed by atoms with Crippen molar-refractivity contribution in [2.75, 3.05) is 18.4 Å². The Bertz CT molecular complexity index is 736. The van der Waals surface area contributed by atoms with Gasteiger partial charge in [-0.15, -0.1) is 0 Å². The van der Waals surface area contributed by atoms with E-state index in [0.29, 0.717) is 0 Å². The second kappa shape index (κ2) is 7.96. The number of rotatable bonds is 5. The molecule has 1 saturated heterocycles. The van der Waals surface area contributed by atoms with E-state index in [2.05, 4.69) is 61.6 Å². The van der Waals surface area contributed by atoms with Crippen LogP contribution in [0.2, 0.25) is 0 Å². The number of benzene rings is 2. The number of hydrogen-bond acceptors (Lipinski definition) is 3. The fourth-order valence-corrected chi connectivity index (χ4v) is 3.97. The molecule has 0 radical (unpaired) electrons. The van der Waals surface area contributed by atoms with Gasteiger partial charge in [-0.2, -0.15) is 0 Å². The molecule has 0 aromatic heterocycles. The summed E-state index contributed by atoms with van der Waals surface area (Å²) in [6.07, 6.45) is 2.26. The number of carbonyl (C=O) groups excluding carboxylic acids is 1. The molecule has 25 heavy (non-hydrogen) atoms. The second-order valence-corrected chi connectivity index (χ2v) is 7.92. The first-order valence-corrected chi connectivity index (χ1v) is 9.75. The normalized spacial score (nSPS) is 15.2. The third kappa shape index (κ3) is 4.57. The molecule has 0 spiro atoms. The van der Waals surface area contributed by atoms with E-state index in [1.807, 2.05) is 11.8 Å². The van der Waals surface area contributed by atoms with Crippen molar-refractivity contribution in [1.82, 2.24) is 4.90 Å². The highest BCUT2D eigenvalue weighted by Gasteiger charge is 2.22. The number of anilines is 1. The zero-order valence-corrected chi connectivity index (χ0v) is 16.0. The number of likely N-dealkylation sites (tertiary alicyclic amines) is 1. The van der Waals surface area contributed by atoms with Crippen molar-refractivity contribution in [1.29, 1.82) is 0 Å². The molecule has 0 bridgehead atoms. The molecule has 1 atom stereocenters. The third-order valence-electron chi connectivity index (χ3n) is 4.74. The van der Waals surface area contributed by atoms with Crippen LogP contribution in [0.5, 0.6) is 0 Å². The quantitative estimate of drug-likeness (QED) is 0.831. The fourth-order valence-electron chi connectivity index (χ4n) is 3.06. The van der Waals surface area contributed by atoms with Crippen LogP contribution in [0.4, 0.5) is 5.69 Å². The highest BCUT2D eigenvalue weighted by atomic mass is 32.2. The van der Waals surface area contributed by atoms with Gasteiger partial charge in [0.05, 0.1) is 0 Å². The summed E-state index contributed by atoms with van der Waals surface area (Å²) in [6, 6.07) is 14.7. The maximum absolute atomic E-state index is 12.4. The Labute approximate surface area is 154 Å². The van der Waals surface area contributed by atoms with Crippen LogP contribution in [-0.4, -0.2) is 29.9 Å². The van der Waals surface area contributed by atoms with Gasteiger partial charge in [0.25, 0.3) is 0 Å². The minimum Gasteiger partial charge on any atom is -0.374 e. The first-order valence-electron chi connectivity index (χ1n) is 8.93. The molecule has 4 heteroatoms. The molecule has 2 aromatic carbocycles. The molecule has 3 rings (SSSR count). The molecule has 1 aliphatic heterocycles. The summed E-state index contributed by atoms with van der Waals surface area (Å²) in [4.78, 5) is 16.8. The van der Waals surface area contributed by atoms with Gasteiger partial charge in [-0.05, 0) is 81.1 Å². The Kier molecular flexibility index (Phi) is 5.69. The van der Waals surface area contributed by atoms with Gasteiger partial charge < -0.3 is 10.2 Å². The van der Waals surface area contributed by atoms with E-state index in [9.17, 15) is 4.79 Å². The maximum atomic E-state index is 12.4. The summed E-state index contributed by atoms with van der Waals surface area (Å²) < 4.78 is 0. The first-order chi connectivity index (χ1) is 12.0. The zero-order valence-electron chi connectivity index (χ0n) is 15.2. The number of amides is 1. The van der Waals surface area contributed by atoms with Gasteiger partial charge in [0.1, 0.15) is 6.04 Å². The molecule has 0 saturated carbocycles. The van der Waals surface area contributed by atoms with Crippen molar-refractivity contribution in [3.63, 3.8) is 0 Å². The zero-order chi connectivity index (χ0) is 17.8. The molecule has 1 heterocycles. The number of carbonyl (C=O) groups is 1. The van der Waals surface area contributed by atoms with E-state index in [0.717, 1.165) is 31.6 Å². The van der Waals surface area contributed by atoms with Crippen LogP contribution >= 0.6 is 11.8 Å². The minimum absolute atomic E-state index is 0.184. The summed E-state index contributed by atoms with van der Waals surface area (Å²) in [6.45, 7) is 8.02.